The molecule has 0 spiro atoms. The predicted octanol–water partition coefficient (Wildman–Crippen LogP) is 0.500. The van der Waals surface area contributed by atoms with Crippen LogP contribution >= 0.6 is 0 Å². The number of fused-ring (bicyclic) bond motifs is 1. The van der Waals surface area contributed by atoms with Gasteiger partial charge in [-0.2, -0.15) is 0 Å². The third kappa shape index (κ3) is 0.871. The zero-order chi connectivity index (χ0) is 8.55. The minimum atomic E-state index is -0.110. The van der Waals surface area contributed by atoms with Crippen LogP contribution in [0.2, 0.25) is 0 Å². The summed E-state index contributed by atoms with van der Waals surface area (Å²) in [5.74, 6) is -0.110. The second-order valence-corrected chi connectivity index (χ2v) is 2.43. The Morgan fingerprint density at radius 1 is 1.42 bits per heavy atom. The molecule has 0 amide bonds. The van der Waals surface area contributed by atoms with Gasteiger partial charge in [0.05, 0.1) is 5.70 Å². The Kier molecular flexibility index (Phi) is 1.37. The first kappa shape index (κ1) is 6.91. The average molecular weight is 158 g/mol. The van der Waals surface area contributed by atoms with Crippen molar-refractivity contribution >= 4 is 17.8 Å². The van der Waals surface area contributed by atoms with Crippen molar-refractivity contribution in [3.05, 3.63) is 35.6 Å². The van der Waals surface area contributed by atoms with E-state index in [0.717, 1.165) is 0 Å². The van der Waals surface area contributed by atoms with E-state index in [2.05, 4.69) is 4.99 Å². The molecular weight excluding hydrogens is 154 g/mol. The van der Waals surface area contributed by atoms with Crippen LogP contribution in [0.15, 0.2) is 40.6 Å². The Morgan fingerprint density at radius 3 is 2.92 bits per heavy atom. The van der Waals surface area contributed by atoms with Crippen LogP contribution in [0.25, 0.3) is 0 Å². The third-order valence-electron chi connectivity index (χ3n) is 1.67. The van der Waals surface area contributed by atoms with E-state index in [1.54, 1.807) is 18.4 Å². The first-order valence-corrected chi connectivity index (χ1v) is 3.43. The molecule has 1 aliphatic heterocycles. The van der Waals surface area contributed by atoms with Crippen LogP contribution in [0, 0.1) is 0 Å². The molecule has 0 aromatic heterocycles. The van der Waals surface area contributed by atoms with E-state index >= 15 is 0 Å². The van der Waals surface area contributed by atoms with Crippen LogP contribution in [-0.4, -0.2) is 17.8 Å². The van der Waals surface area contributed by atoms with Gasteiger partial charge in [-0.25, -0.2) is 4.99 Å². The van der Waals surface area contributed by atoms with Crippen LogP contribution in [0.5, 0.6) is 0 Å². The molecule has 0 N–H and O–H groups in total. The van der Waals surface area contributed by atoms with Gasteiger partial charge in [0.2, 0.25) is 0 Å². The van der Waals surface area contributed by atoms with Gasteiger partial charge in [0.1, 0.15) is 5.71 Å². The SMILES string of the molecule is O=[C]C1=NC2=CC=CC(=O)C2=C1. The van der Waals surface area contributed by atoms with Gasteiger partial charge in [-0.15, -0.1) is 0 Å². The van der Waals surface area contributed by atoms with Gasteiger partial charge in [0, 0.05) is 5.57 Å². The summed E-state index contributed by atoms with van der Waals surface area (Å²) in [5, 5.41) is 0. The third-order valence-corrected chi connectivity index (χ3v) is 1.67. The minimum absolute atomic E-state index is 0.110. The highest BCUT2D eigenvalue weighted by Gasteiger charge is 2.20. The van der Waals surface area contributed by atoms with Crippen LogP contribution < -0.4 is 0 Å². The highest BCUT2D eigenvalue weighted by molar-refractivity contribution is 6.38. The Labute approximate surface area is 68.8 Å². The summed E-state index contributed by atoms with van der Waals surface area (Å²) in [6, 6.07) is 0. The molecule has 57 valence electrons. The van der Waals surface area contributed by atoms with Gasteiger partial charge in [0.25, 0.3) is 6.29 Å². The van der Waals surface area contributed by atoms with E-state index in [1.165, 1.54) is 12.2 Å². The molecule has 1 heterocycles. The van der Waals surface area contributed by atoms with Gasteiger partial charge in [-0.1, -0.05) is 6.08 Å². The number of ketones is 1. The lowest BCUT2D eigenvalue weighted by Crippen LogP contribution is -2.01. The second kappa shape index (κ2) is 2.37. The zero-order valence-electron chi connectivity index (χ0n) is 6.07. The van der Waals surface area contributed by atoms with Crippen molar-refractivity contribution in [2.75, 3.05) is 0 Å². The molecule has 0 unspecified atom stereocenters. The standard InChI is InChI=1S/C9H4NO2/c11-5-6-4-7-8(10-6)2-1-3-9(7)12/h1-4H. The minimum Gasteiger partial charge on any atom is -0.289 e. The molecule has 0 bridgehead atoms. The molecule has 0 saturated carbocycles. The molecule has 12 heavy (non-hydrogen) atoms. The normalized spacial score (nSPS) is 19.7. The van der Waals surface area contributed by atoms with Crippen LogP contribution in [-0.2, 0) is 9.59 Å². The van der Waals surface area contributed by atoms with Gasteiger partial charge in [-0.3, -0.25) is 9.59 Å². The molecule has 3 heteroatoms. The van der Waals surface area contributed by atoms with Crippen LogP contribution in [0.3, 0.4) is 0 Å². The molecule has 3 nitrogen and oxygen atoms in total. The summed E-state index contributed by atoms with van der Waals surface area (Å²) in [7, 11) is 0. The maximum atomic E-state index is 11.1. The molecule has 0 aromatic carbocycles. The van der Waals surface area contributed by atoms with Crippen molar-refractivity contribution in [1.29, 1.82) is 0 Å². The van der Waals surface area contributed by atoms with Crippen molar-refractivity contribution in [1.82, 2.24) is 0 Å². The van der Waals surface area contributed by atoms with Crippen molar-refractivity contribution in [3.63, 3.8) is 0 Å². The van der Waals surface area contributed by atoms with Gasteiger partial charge < -0.3 is 0 Å². The van der Waals surface area contributed by atoms with Crippen molar-refractivity contribution in [2.45, 2.75) is 0 Å². The van der Waals surface area contributed by atoms with Crippen molar-refractivity contribution < 1.29 is 9.59 Å². The fraction of sp³-hybridized carbons (Fsp3) is 0. The lowest BCUT2D eigenvalue weighted by Gasteiger charge is -2.00. The zero-order valence-corrected chi connectivity index (χ0v) is 6.07. The van der Waals surface area contributed by atoms with Gasteiger partial charge >= 0.3 is 0 Å². The average Bonchev–Trinajstić information content (AvgIpc) is 2.49. The maximum Gasteiger partial charge on any atom is 0.253 e. The van der Waals surface area contributed by atoms with Gasteiger partial charge in [0.15, 0.2) is 5.78 Å². The number of hydrogen-bond donors (Lipinski definition) is 0. The summed E-state index contributed by atoms with van der Waals surface area (Å²) in [6.07, 6.45) is 7.85. The number of nitrogens with zero attached hydrogens (tertiary/aromatic N) is 1. The number of aliphatic imine (C=N–C) groups is 1. The number of carbonyl (C=O) groups excluding carboxylic acids is 2. The predicted molar refractivity (Wildman–Crippen MR) is 43.4 cm³/mol. The second-order valence-electron chi connectivity index (χ2n) is 2.43. The molecule has 0 atom stereocenters. The molecule has 0 saturated heterocycles. The van der Waals surface area contributed by atoms with E-state index in [9.17, 15) is 9.59 Å². The number of allylic oxidation sites excluding steroid dienone is 5. The highest BCUT2D eigenvalue weighted by Crippen LogP contribution is 2.22. The Bertz CT molecular complexity index is 381. The van der Waals surface area contributed by atoms with E-state index < -0.39 is 0 Å². The van der Waals surface area contributed by atoms with Crippen molar-refractivity contribution in [2.24, 2.45) is 4.99 Å². The topological polar surface area (TPSA) is 46.5 Å². The smallest absolute Gasteiger partial charge is 0.253 e. The fourth-order valence-corrected chi connectivity index (χ4v) is 1.13. The Morgan fingerprint density at radius 2 is 2.25 bits per heavy atom. The van der Waals surface area contributed by atoms with Crippen LogP contribution in [0.4, 0.5) is 0 Å². The van der Waals surface area contributed by atoms with Gasteiger partial charge in [-0.05, 0) is 18.2 Å². The molecule has 0 fully saturated rings. The quantitative estimate of drug-likeness (QED) is 0.557. The Hall–Kier alpha value is -1.77. The first-order valence-electron chi connectivity index (χ1n) is 3.43. The lowest BCUT2D eigenvalue weighted by atomic mass is 10.0. The molecular formula is C9H4NO2. The maximum absolute atomic E-state index is 11.1. The van der Waals surface area contributed by atoms with E-state index in [0.29, 0.717) is 11.3 Å². The lowest BCUT2D eigenvalue weighted by molar-refractivity contribution is -0.111. The summed E-state index contributed by atoms with van der Waals surface area (Å²) in [5.41, 5.74) is 1.23. The molecule has 0 aromatic rings. The highest BCUT2D eigenvalue weighted by atomic mass is 16.1. The van der Waals surface area contributed by atoms with Crippen LogP contribution in [0.1, 0.15) is 0 Å². The molecule has 1 radical (unpaired) electrons. The van der Waals surface area contributed by atoms with E-state index in [4.69, 9.17) is 0 Å². The number of rotatable bonds is 1. The summed E-state index contributed by atoms with van der Waals surface area (Å²) in [4.78, 5) is 25.2. The summed E-state index contributed by atoms with van der Waals surface area (Å²) in [6.45, 7) is 0. The number of carbonyl (C=O) groups is 1. The first-order chi connectivity index (χ1) is 5.81. The monoisotopic (exact) mass is 158 g/mol. The Balaban J connectivity index is 2.50. The largest absolute Gasteiger partial charge is 0.289 e. The van der Waals surface area contributed by atoms with E-state index in [-0.39, 0.29) is 11.5 Å². The molecule has 2 aliphatic rings. The summed E-state index contributed by atoms with van der Waals surface area (Å²) < 4.78 is 0. The fourth-order valence-electron chi connectivity index (χ4n) is 1.13. The van der Waals surface area contributed by atoms with Crippen molar-refractivity contribution in [3.8, 4) is 0 Å². The van der Waals surface area contributed by atoms with E-state index in [1.807, 2.05) is 0 Å². The summed E-state index contributed by atoms with van der Waals surface area (Å²) >= 11 is 0. The molecule has 2 rings (SSSR count). The number of hydrogen-bond acceptors (Lipinski definition) is 3. The molecule has 1 aliphatic carbocycles.